The quantitative estimate of drug-likeness (QED) is 0.699. The van der Waals surface area contributed by atoms with E-state index < -0.39 is 17.6 Å². The topological polar surface area (TPSA) is 111 Å². The molecule has 3 N–H and O–H groups in total. The molecule has 0 aliphatic heterocycles. The summed E-state index contributed by atoms with van der Waals surface area (Å²) in [5.41, 5.74) is 5.33. The summed E-state index contributed by atoms with van der Waals surface area (Å²) in [6.45, 7) is 1.13. The minimum atomic E-state index is -0.799. The van der Waals surface area contributed by atoms with Gasteiger partial charge in [-0.1, -0.05) is 0 Å². The number of aromatic nitrogens is 1. The van der Waals surface area contributed by atoms with Crippen molar-refractivity contribution >= 4 is 23.3 Å². The monoisotopic (exact) mass is 237 g/mol. The number of carbonyl (C=O) groups is 3. The molecule has 1 rings (SSSR count). The second kappa shape index (κ2) is 5.06. The van der Waals surface area contributed by atoms with Crippen LogP contribution in [0.2, 0.25) is 0 Å². The zero-order chi connectivity index (χ0) is 13.0. The highest BCUT2D eigenvalue weighted by atomic mass is 16.5. The molecule has 1 heterocycles. The van der Waals surface area contributed by atoms with Gasteiger partial charge in [0.2, 0.25) is 11.7 Å². The highest BCUT2D eigenvalue weighted by molar-refractivity contribution is 6.39. The maximum absolute atomic E-state index is 11.1. The van der Waals surface area contributed by atoms with Crippen LogP contribution in [0.15, 0.2) is 12.3 Å². The third-order valence-electron chi connectivity index (χ3n) is 1.89. The van der Waals surface area contributed by atoms with Gasteiger partial charge in [0.1, 0.15) is 5.56 Å². The number of anilines is 1. The Kier molecular flexibility index (Phi) is 3.76. The number of amides is 2. The van der Waals surface area contributed by atoms with Crippen LogP contribution in [0.5, 0.6) is 5.88 Å². The van der Waals surface area contributed by atoms with E-state index in [1.165, 1.54) is 19.4 Å². The van der Waals surface area contributed by atoms with E-state index >= 15 is 0 Å². The number of carbonyl (C=O) groups excluding carboxylic acids is 3. The second-order valence-electron chi connectivity index (χ2n) is 3.16. The van der Waals surface area contributed by atoms with Gasteiger partial charge in [-0.3, -0.25) is 14.4 Å². The number of nitrogens with zero attached hydrogens (tertiary/aromatic N) is 1. The standard InChI is InChI=1S/C10H11N3O4/c1-5(14)9(16)13-6-3-7(8(11)15)10(17-2)12-4-6/h3-4H,1-2H3,(H2,11,15)(H,13,16). The van der Waals surface area contributed by atoms with Crippen molar-refractivity contribution < 1.29 is 19.1 Å². The summed E-state index contributed by atoms with van der Waals surface area (Å²) in [5, 5.41) is 2.27. The van der Waals surface area contributed by atoms with E-state index in [1.807, 2.05) is 0 Å². The molecule has 0 saturated heterocycles. The predicted molar refractivity (Wildman–Crippen MR) is 58.6 cm³/mol. The van der Waals surface area contributed by atoms with Gasteiger partial charge in [-0.25, -0.2) is 4.98 Å². The maximum Gasteiger partial charge on any atom is 0.291 e. The number of primary amides is 1. The number of methoxy groups -OCH3 is 1. The first kappa shape index (κ1) is 12.6. The van der Waals surface area contributed by atoms with Gasteiger partial charge < -0.3 is 15.8 Å². The van der Waals surface area contributed by atoms with Crippen LogP contribution in [0.1, 0.15) is 17.3 Å². The fourth-order valence-electron chi connectivity index (χ4n) is 1.08. The number of rotatable bonds is 4. The molecule has 0 atom stereocenters. The van der Waals surface area contributed by atoms with Gasteiger partial charge in [0.05, 0.1) is 19.0 Å². The molecule has 0 aliphatic rings. The minimum Gasteiger partial charge on any atom is -0.480 e. The first-order valence-corrected chi connectivity index (χ1v) is 4.61. The van der Waals surface area contributed by atoms with E-state index in [2.05, 4.69) is 10.3 Å². The van der Waals surface area contributed by atoms with Crippen molar-refractivity contribution in [2.45, 2.75) is 6.92 Å². The number of hydrogen-bond donors (Lipinski definition) is 2. The first-order valence-electron chi connectivity index (χ1n) is 4.61. The van der Waals surface area contributed by atoms with Gasteiger partial charge in [-0.2, -0.15) is 0 Å². The average Bonchev–Trinajstić information content (AvgIpc) is 2.28. The Morgan fingerprint density at radius 1 is 1.41 bits per heavy atom. The van der Waals surface area contributed by atoms with Crippen molar-refractivity contribution in [2.24, 2.45) is 5.73 Å². The third-order valence-corrected chi connectivity index (χ3v) is 1.89. The molecular weight excluding hydrogens is 226 g/mol. The van der Waals surface area contributed by atoms with Gasteiger partial charge in [0.25, 0.3) is 11.8 Å². The Labute approximate surface area is 97.0 Å². The van der Waals surface area contributed by atoms with Crippen LogP contribution in [-0.4, -0.2) is 29.7 Å². The van der Waals surface area contributed by atoms with E-state index in [1.54, 1.807) is 0 Å². The van der Waals surface area contributed by atoms with Crippen molar-refractivity contribution in [3.63, 3.8) is 0 Å². The molecule has 17 heavy (non-hydrogen) atoms. The van der Waals surface area contributed by atoms with Crippen LogP contribution < -0.4 is 15.8 Å². The van der Waals surface area contributed by atoms with Crippen molar-refractivity contribution in [3.8, 4) is 5.88 Å². The van der Waals surface area contributed by atoms with E-state index in [0.29, 0.717) is 0 Å². The number of hydrogen-bond acceptors (Lipinski definition) is 5. The molecule has 7 heteroatoms. The molecule has 0 aliphatic carbocycles. The lowest BCUT2D eigenvalue weighted by Crippen LogP contribution is -2.20. The molecule has 1 aromatic heterocycles. The van der Waals surface area contributed by atoms with Crippen molar-refractivity contribution in [3.05, 3.63) is 17.8 Å². The summed E-state index contributed by atoms with van der Waals surface area (Å²) in [5.74, 6) is -2.14. The molecule has 0 bridgehead atoms. The smallest absolute Gasteiger partial charge is 0.291 e. The average molecular weight is 237 g/mol. The third kappa shape index (κ3) is 3.00. The van der Waals surface area contributed by atoms with Crippen LogP contribution in [0.4, 0.5) is 5.69 Å². The van der Waals surface area contributed by atoms with Crippen LogP contribution in [-0.2, 0) is 9.59 Å². The summed E-state index contributed by atoms with van der Waals surface area (Å²) in [7, 11) is 1.34. The van der Waals surface area contributed by atoms with E-state index in [9.17, 15) is 14.4 Å². The zero-order valence-corrected chi connectivity index (χ0v) is 9.31. The first-order chi connectivity index (χ1) is 7.95. The molecular formula is C10H11N3O4. The van der Waals surface area contributed by atoms with Gasteiger partial charge in [-0.05, 0) is 6.07 Å². The van der Waals surface area contributed by atoms with Crippen molar-refractivity contribution in [1.82, 2.24) is 4.98 Å². The molecule has 0 aromatic carbocycles. The number of ether oxygens (including phenoxy) is 1. The number of nitrogens with two attached hydrogens (primary N) is 1. The number of nitrogens with one attached hydrogen (secondary N) is 1. The molecule has 1 aromatic rings. The van der Waals surface area contributed by atoms with Gasteiger partial charge in [-0.15, -0.1) is 0 Å². The Balaban J connectivity index is 3.04. The van der Waals surface area contributed by atoms with E-state index in [0.717, 1.165) is 6.92 Å². The van der Waals surface area contributed by atoms with E-state index in [-0.39, 0.29) is 17.1 Å². The summed E-state index contributed by atoms with van der Waals surface area (Å²) < 4.78 is 4.82. The second-order valence-corrected chi connectivity index (χ2v) is 3.16. The molecule has 7 nitrogen and oxygen atoms in total. The largest absolute Gasteiger partial charge is 0.480 e. The molecule has 0 spiro atoms. The highest BCUT2D eigenvalue weighted by Crippen LogP contribution is 2.18. The Hall–Kier alpha value is -2.44. The molecule has 0 saturated carbocycles. The number of pyridine rings is 1. The molecule has 0 unspecified atom stereocenters. The lowest BCUT2D eigenvalue weighted by Gasteiger charge is -2.07. The summed E-state index contributed by atoms with van der Waals surface area (Å²) in [6, 6.07) is 1.29. The maximum atomic E-state index is 11.1. The fourth-order valence-corrected chi connectivity index (χ4v) is 1.08. The zero-order valence-electron chi connectivity index (χ0n) is 9.31. The highest BCUT2D eigenvalue weighted by Gasteiger charge is 2.14. The SMILES string of the molecule is COc1ncc(NC(=O)C(C)=O)cc1C(N)=O. The van der Waals surface area contributed by atoms with Crippen LogP contribution in [0, 0.1) is 0 Å². The lowest BCUT2D eigenvalue weighted by atomic mass is 10.2. The molecule has 2 amide bonds. The van der Waals surface area contributed by atoms with E-state index in [4.69, 9.17) is 10.5 Å². The molecule has 0 radical (unpaired) electrons. The minimum absolute atomic E-state index is 0.0221. The van der Waals surface area contributed by atoms with Gasteiger partial charge >= 0.3 is 0 Å². The summed E-state index contributed by atoms with van der Waals surface area (Å²) in [4.78, 5) is 36.7. The summed E-state index contributed by atoms with van der Waals surface area (Å²) in [6.07, 6.45) is 1.26. The summed E-state index contributed by atoms with van der Waals surface area (Å²) >= 11 is 0. The van der Waals surface area contributed by atoms with Crippen molar-refractivity contribution in [1.29, 1.82) is 0 Å². The van der Waals surface area contributed by atoms with Gasteiger partial charge in [0, 0.05) is 6.92 Å². The van der Waals surface area contributed by atoms with Crippen molar-refractivity contribution in [2.75, 3.05) is 12.4 Å². The van der Waals surface area contributed by atoms with Gasteiger partial charge in [0.15, 0.2) is 0 Å². The Morgan fingerprint density at radius 2 is 2.06 bits per heavy atom. The molecule has 90 valence electrons. The number of ketones is 1. The Morgan fingerprint density at radius 3 is 2.53 bits per heavy atom. The fraction of sp³-hybridized carbons (Fsp3) is 0.200. The lowest BCUT2D eigenvalue weighted by molar-refractivity contribution is -0.133. The predicted octanol–water partition coefficient (Wildman–Crippen LogP) is -0.283. The Bertz CT molecular complexity index is 484. The van der Waals surface area contributed by atoms with Crippen LogP contribution in [0.3, 0.4) is 0 Å². The molecule has 0 fully saturated rings. The van der Waals surface area contributed by atoms with Crippen LogP contribution >= 0.6 is 0 Å². The number of Topliss-reactive ketones (excluding diaryl/α,β-unsaturated/α-hetero) is 1. The van der Waals surface area contributed by atoms with Crippen LogP contribution in [0.25, 0.3) is 0 Å². The normalized spacial score (nSPS) is 9.53.